The molecule has 30 heavy (non-hydrogen) atoms. The smallest absolute Gasteiger partial charge is 0.158 e. The molecule has 0 aliphatic heterocycles. The van der Waals surface area contributed by atoms with E-state index < -0.39 is 0 Å². The summed E-state index contributed by atoms with van der Waals surface area (Å²) >= 11 is 0. The predicted octanol–water partition coefficient (Wildman–Crippen LogP) is 6.51. The van der Waals surface area contributed by atoms with Gasteiger partial charge in [-0.05, 0) is 48.6 Å². The zero-order valence-corrected chi connectivity index (χ0v) is 17.8. The van der Waals surface area contributed by atoms with Gasteiger partial charge in [-0.2, -0.15) is 0 Å². The summed E-state index contributed by atoms with van der Waals surface area (Å²) in [5, 5.41) is 0. The Morgan fingerprint density at radius 3 is 2.27 bits per heavy atom. The molecule has 0 radical (unpaired) electrons. The van der Waals surface area contributed by atoms with Gasteiger partial charge in [-0.25, -0.2) is 0 Å². The number of carbonyl (C=O) groups is 1. The zero-order valence-electron chi connectivity index (χ0n) is 17.8. The maximum absolute atomic E-state index is 12.6. The molecule has 1 atom stereocenters. The van der Waals surface area contributed by atoms with E-state index in [0.29, 0.717) is 12.2 Å². The van der Waals surface area contributed by atoms with Crippen LogP contribution in [0.25, 0.3) is 11.1 Å². The van der Waals surface area contributed by atoms with E-state index in [1.54, 1.807) is 0 Å². The minimum absolute atomic E-state index is 0.107. The van der Waals surface area contributed by atoms with Crippen molar-refractivity contribution in [3.05, 3.63) is 78.4 Å². The Labute approximate surface area is 179 Å². The quantitative estimate of drug-likeness (QED) is 0.473. The van der Waals surface area contributed by atoms with Crippen LogP contribution in [0.3, 0.4) is 0 Å². The van der Waals surface area contributed by atoms with Crippen molar-refractivity contribution >= 4 is 11.5 Å². The van der Waals surface area contributed by atoms with Gasteiger partial charge in [-0.15, -0.1) is 0 Å². The van der Waals surface area contributed by atoms with E-state index in [1.165, 1.54) is 5.56 Å². The lowest BCUT2D eigenvalue weighted by Gasteiger charge is -2.26. The van der Waals surface area contributed by atoms with E-state index in [-0.39, 0.29) is 5.92 Å². The summed E-state index contributed by atoms with van der Waals surface area (Å²) in [6, 6.07) is 24.6. The highest BCUT2D eigenvalue weighted by Gasteiger charge is 2.26. The third-order valence-corrected chi connectivity index (χ3v) is 5.88. The van der Waals surface area contributed by atoms with Crippen LogP contribution in [0.1, 0.15) is 31.2 Å². The molecule has 0 saturated heterocycles. The third-order valence-electron chi connectivity index (χ3n) is 5.88. The molecular formula is C27H29NO2. The van der Waals surface area contributed by atoms with E-state index in [2.05, 4.69) is 41.3 Å². The number of anilines is 1. The average molecular weight is 400 g/mol. The second-order valence-electron chi connectivity index (χ2n) is 8.24. The van der Waals surface area contributed by atoms with Gasteiger partial charge in [0.1, 0.15) is 11.5 Å². The van der Waals surface area contributed by atoms with Crippen LogP contribution in [0, 0.1) is 5.92 Å². The molecule has 4 rings (SSSR count). The Morgan fingerprint density at radius 2 is 1.60 bits per heavy atom. The number of nitrogens with zero attached hydrogens (tertiary/aromatic N) is 1. The summed E-state index contributed by atoms with van der Waals surface area (Å²) in [5.41, 5.74) is 4.41. The van der Waals surface area contributed by atoms with Crippen molar-refractivity contribution in [3.63, 3.8) is 0 Å². The molecular weight excluding hydrogens is 370 g/mol. The van der Waals surface area contributed by atoms with Crippen molar-refractivity contribution in [2.45, 2.75) is 32.1 Å². The van der Waals surface area contributed by atoms with Crippen LogP contribution in [-0.4, -0.2) is 19.9 Å². The Hall–Kier alpha value is -3.07. The molecule has 1 unspecified atom stereocenters. The molecule has 0 amide bonds. The normalized spacial score (nSPS) is 16.3. The number of ketones is 1. The minimum atomic E-state index is 0.107. The highest BCUT2D eigenvalue weighted by atomic mass is 16.5. The molecule has 1 saturated carbocycles. The van der Waals surface area contributed by atoms with Crippen LogP contribution in [-0.2, 0) is 11.2 Å². The third kappa shape index (κ3) is 4.40. The van der Waals surface area contributed by atoms with Gasteiger partial charge in [-0.3, -0.25) is 4.79 Å². The molecule has 0 bridgehead atoms. The number of hydrogen-bond acceptors (Lipinski definition) is 3. The fourth-order valence-corrected chi connectivity index (χ4v) is 4.30. The molecule has 1 aliphatic rings. The summed E-state index contributed by atoms with van der Waals surface area (Å²) < 4.78 is 6.49. The van der Waals surface area contributed by atoms with Crippen molar-refractivity contribution in [2.75, 3.05) is 19.0 Å². The van der Waals surface area contributed by atoms with Crippen LogP contribution in [0.4, 0.5) is 5.69 Å². The minimum Gasteiger partial charge on any atom is -0.455 e. The predicted molar refractivity (Wildman–Crippen MR) is 123 cm³/mol. The molecule has 0 N–H and O–H groups in total. The Morgan fingerprint density at radius 1 is 0.900 bits per heavy atom. The molecule has 3 aromatic carbocycles. The number of hydrogen-bond donors (Lipinski definition) is 0. The topological polar surface area (TPSA) is 29.5 Å². The van der Waals surface area contributed by atoms with E-state index in [9.17, 15) is 4.79 Å². The van der Waals surface area contributed by atoms with Gasteiger partial charge in [0.05, 0.1) is 5.69 Å². The van der Waals surface area contributed by atoms with E-state index in [0.717, 1.165) is 54.0 Å². The van der Waals surface area contributed by atoms with Gasteiger partial charge >= 0.3 is 0 Å². The summed E-state index contributed by atoms with van der Waals surface area (Å²) in [7, 11) is 4.07. The second-order valence-corrected chi connectivity index (χ2v) is 8.24. The van der Waals surface area contributed by atoms with Crippen molar-refractivity contribution in [1.82, 2.24) is 0 Å². The first-order valence-electron chi connectivity index (χ1n) is 10.8. The molecule has 0 heterocycles. The molecule has 3 nitrogen and oxygen atoms in total. The molecule has 0 aromatic heterocycles. The molecule has 3 heteroatoms. The lowest BCUT2D eigenvalue weighted by Crippen LogP contribution is -2.21. The number of ether oxygens (including phenoxy) is 1. The van der Waals surface area contributed by atoms with E-state index in [4.69, 9.17) is 4.74 Å². The van der Waals surface area contributed by atoms with Crippen LogP contribution in [0.2, 0.25) is 0 Å². The van der Waals surface area contributed by atoms with E-state index in [1.807, 2.05) is 50.5 Å². The Balaban J connectivity index is 1.85. The number of carbonyl (C=O) groups excluding carboxylic acids is 1. The first-order chi connectivity index (χ1) is 14.6. The Bertz CT molecular complexity index is 996. The van der Waals surface area contributed by atoms with Gasteiger partial charge in [0, 0.05) is 32.0 Å². The molecule has 3 aromatic rings. The fraction of sp³-hybridized carbons (Fsp3) is 0.296. The number of benzene rings is 3. The van der Waals surface area contributed by atoms with Gasteiger partial charge in [0.15, 0.2) is 5.75 Å². The SMILES string of the molecule is CN(C)c1ccc(CC2CCCCC2=O)c(-c2ccccc2)c1Oc1ccccc1. The van der Waals surface area contributed by atoms with Gasteiger partial charge in [-0.1, -0.05) is 61.0 Å². The largest absolute Gasteiger partial charge is 0.455 e. The molecule has 1 fully saturated rings. The summed E-state index contributed by atoms with van der Waals surface area (Å²) in [5.74, 6) is 2.17. The highest BCUT2D eigenvalue weighted by molar-refractivity contribution is 5.85. The molecule has 1 aliphatic carbocycles. The highest BCUT2D eigenvalue weighted by Crippen LogP contribution is 2.44. The summed E-state index contributed by atoms with van der Waals surface area (Å²) in [4.78, 5) is 14.6. The van der Waals surface area contributed by atoms with Gasteiger partial charge in [0.2, 0.25) is 0 Å². The maximum atomic E-state index is 12.6. The second kappa shape index (κ2) is 9.17. The van der Waals surface area contributed by atoms with Crippen LogP contribution in [0.15, 0.2) is 72.8 Å². The molecule has 0 spiro atoms. The Kier molecular flexibility index (Phi) is 6.18. The number of Topliss-reactive ketones (excluding diaryl/α,β-unsaturated/α-hetero) is 1. The monoisotopic (exact) mass is 399 g/mol. The summed E-state index contributed by atoms with van der Waals surface area (Å²) in [6.07, 6.45) is 4.64. The standard InChI is InChI=1S/C27H29NO2/c1-28(2)24-18-17-22(19-21-13-9-10-16-25(21)29)26(20-11-5-3-6-12-20)27(24)30-23-14-7-4-8-15-23/h3-8,11-12,14-15,17-18,21H,9-10,13,16,19H2,1-2H3. The number of rotatable bonds is 6. The lowest BCUT2D eigenvalue weighted by atomic mass is 9.81. The van der Waals surface area contributed by atoms with E-state index >= 15 is 0 Å². The van der Waals surface area contributed by atoms with Gasteiger partial charge < -0.3 is 9.64 Å². The van der Waals surface area contributed by atoms with Gasteiger partial charge in [0.25, 0.3) is 0 Å². The average Bonchev–Trinajstić information content (AvgIpc) is 2.76. The van der Waals surface area contributed by atoms with Crippen molar-refractivity contribution in [3.8, 4) is 22.6 Å². The zero-order chi connectivity index (χ0) is 20.9. The lowest BCUT2D eigenvalue weighted by molar-refractivity contribution is -0.124. The van der Waals surface area contributed by atoms with Crippen molar-refractivity contribution in [2.24, 2.45) is 5.92 Å². The van der Waals surface area contributed by atoms with Crippen molar-refractivity contribution in [1.29, 1.82) is 0 Å². The molecule has 154 valence electrons. The first-order valence-corrected chi connectivity index (χ1v) is 10.8. The van der Waals surface area contributed by atoms with Crippen LogP contribution in [0.5, 0.6) is 11.5 Å². The fourth-order valence-electron chi connectivity index (χ4n) is 4.30. The van der Waals surface area contributed by atoms with Crippen LogP contribution >= 0.6 is 0 Å². The van der Waals surface area contributed by atoms with Crippen LogP contribution < -0.4 is 9.64 Å². The maximum Gasteiger partial charge on any atom is 0.158 e. The summed E-state index contributed by atoms with van der Waals surface area (Å²) in [6.45, 7) is 0. The number of para-hydroxylation sites is 1. The first kappa shape index (κ1) is 20.2. The van der Waals surface area contributed by atoms with Crippen molar-refractivity contribution < 1.29 is 9.53 Å².